The molecular weight excluding hydrogens is 266 g/mol. The van der Waals surface area contributed by atoms with Gasteiger partial charge in [0.05, 0.1) is 5.75 Å². The highest BCUT2D eigenvalue weighted by Gasteiger charge is 2.00. The van der Waals surface area contributed by atoms with E-state index >= 15 is 0 Å². The van der Waals surface area contributed by atoms with Gasteiger partial charge in [0.1, 0.15) is 0 Å². The molecule has 20 heavy (non-hydrogen) atoms. The lowest BCUT2D eigenvalue weighted by Crippen LogP contribution is -2.24. The minimum absolute atomic E-state index is 0.0524. The van der Waals surface area contributed by atoms with Gasteiger partial charge < -0.3 is 5.32 Å². The molecule has 0 aliphatic heterocycles. The summed E-state index contributed by atoms with van der Waals surface area (Å²) < 4.78 is 0. The van der Waals surface area contributed by atoms with E-state index in [-0.39, 0.29) is 5.91 Å². The van der Waals surface area contributed by atoms with Gasteiger partial charge in [-0.2, -0.15) is 0 Å². The van der Waals surface area contributed by atoms with E-state index in [0.717, 1.165) is 10.5 Å². The number of nitrogens with one attached hydrogen (secondary N) is 1. The largest absolute Gasteiger partial charge is 0.352 e. The highest BCUT2D eigenvalue weighted by Crippen LogP contribution is 2.16. The average molecular weight is 283 g/mol. The van der Waals surface area contributed by atoms with Crippen LogP contribution >= 0.6 is 11.8 Å². The van der Waals surface area contributed by atoms with Gasteiger partial charge in [-0.05, 0) is 17.7 Å². The lowest BCUT2D eigenvalue weighted by Gasteiger charge is -2.02. The molecule has 0 aromatic heterocycles. The average Bonchev–Trinajstić information content (AvgIpc) is 2.52. The van der Waals surface area contributed by atoms with E-state index in [1.165, 1.54) is 0 Å². The van der Waals surface area contributed by atoms with Crippen molar-refractivity contribution in [3.05, 3.63) is 72.3 Å². The van der Waals surface area contributed by atoms with Crippen molar-refractivity contribution >= 4 is 23.7 Å². The number of hydrogen-bond acceptors (Lipinski definition) is 2. The van der Waals surface area contributed by atoms with Crippen molar-refractivity contribution in [1.82, 2.24) is 5.32 Å². The number of carbonyl (C=O) groups excluding carboxylic acids is 1. The first-order valence-corrected chi connectivity index (χ1v) is 7.49. The Hall–Kier alpha value is -2.00. The topological polar surface area (TPSA) is 29.1 Å². The maximum absolute atomic E-state index is 11.7. The second kappa shape index (κ2) is 8.23. The Labute approximate surface area is 123 Å². The fourth-order valence-electron chi connectivity index (χ4n) is 1.65. The van der Waals surface area contributed by atoms with Crippen molar-refractivity contribution in [2.45, 2.75) is 4.90 Å². The van der Waals surface area contributed by atoms with Crippen LogP contribution in [0.5, 0.6) is 0 Å². The van der Waals surface area contributed by atoms with Gasteiger partial charge in [-0.3, -0.25) is 4.79 Å². The molecule has 0 heterocycles. The van der Waals surface area contributed by atoms with Crippen LogP contribution in [-0.4, -0.2) is 18.2 Å². The Morgan fingerprint density at radius 2 is 1.65 bits per heavy atom. The summed E-state index contributed by atoms with van der Waals surface area (Å²) in [7, 11) is 0. The van der Waals surface area contributed by atoms with Gasteiger partial charge in [-0.25, -0.2) is 0 Å². The van der Waals surface area contributed by atoms with E-state index in [9.17, 15) is 4.79 Å². The van der Waals surface area contributed by atoms with E-state index in [0.29, 0.717) is 12.3 Å². The zero-order valence-corrected chi connectivity index (χ0v) is 12.0. The molecule has 2 aromatic carbocycles. The third kappa shape index (κ3) is 5.33. The molecule has 1 N–H and O–H groups in total. The van der Waals surface area contributed by atoms with Crippen molar-refractivity contribution in [3.63, 3.8) is 0 Å². The molecule has 1 amide bonds. The van der Waals surface area contributed by atoms with Gasteiger partial charge in [-0.1, -0.05) is 60.7 Å². The molecule has 2 aromatic rings. The summed E-state index contributed by atoms with van der Waals surface area (Å²) in [5, 5.41) is 2.88. The molecule has 0 radical (unpaired) electrons. The molecule has 2 nitrogen and oxygen atoms in total. The van der Waals surface area contributed by atoms with E-state index in [2.05, 4.69) is 5.32 Å². The Balaban J connectivity index is 1.67. The number of rotatable bonds is 6. The van der Waals surface area contributed by atoms with Crippen molar-refractivity contribution in [2.24, 2.45) is 0 Å². The van der Waals surface area contributed by atoms with E-state index in [1.807, 2.05) is 72.8 Å². The van der Waals surface area contributed by atoms with Crippen LogP contribution in [0.4, 0.5) is 0 Å². The minimum Gasteiger partial charge on any atom is -0.352 e. The standard InChI is InChI=1S/C17H17NOS/c19-17(14-20-16-11-5-2-6-12-16)18-13-7-10-15-8-3-1-4-9-15/h1-12H,13-14H2,(H,18,19)/b10-7+. The van der Waals surface area contributed by atoms with Crippen LogP contribution in [0.1, 0.15) is 5.56 Å². The Morgan fingerprint density at radius 1 is 1.00 bits per heavy atom. The summed E-state index contributed by atoms with van der Waals surface area (Å²) in [5.41, 5.74) is 1.14. The summed E-state index contributed by atoms with van der Waals surface area (Å²) in [4.78, 5) is 12.8. The lowest BCUT2D eigenvalue weighted by atomic mass is 10.2. The third-order valence-electron chi connectivity index (χ3n) is 2.64. The van der Waals surface area contributed by atoms with Gasteiger partial charge >= 0.3 is 0 Å². The first kappa shape index (κ1) is 14.4. The van der Waals surface area contributed by atoms with Crippen LogP contribution in [0.3, 0.4) is 0 Å². The van der Waals surface area contributed by atoms with Crippen molar-refractivity contribution in [1.29, 1.82) is 0 Å². The van der Waals surface area contributed by atoms with E-state index < -0.39 is 0 Å². The predicted molar refractivity (Wildman–Crippen MR) is 85.7 cm³/mol. The van der Waals surface area contributed by atoms with Gasteiger partial charge in [0.2, 0.25) is 5.91 Å². The van der Waals surface area contributed by atoms with Gasteiger partial charge in [0.25, 0.3) is 0 Å². The number of thioether (sulfide) groups is 1. The quantitative estimate of drug-likeness (QED) is 0.821. The van der Waals surface area contributed by atoms with Crippen LogP contribution in [-0.2, 0) is 4.79 Å². The molecule has 0 fully saturated rings. The smallest absolute Gasteiger partial charge is 0.230 e. The molecule has 102 valence electrons. The number of amides is 1. The van der Waals surface area contributed by atoms with Gasteiger partial charge in [-0.15, -0.1) is 11.8 Å². The van der Waals surface area contributed by atoms with Crippen LogP contribution in [0.25, 0.3) is 6.08 Å². The predicted octanol–water partition coefficient (Wildman–Crippen LogP) is 3.61. The Morgan fingerprint density at radius 3 is 2.35 bits per heavy atom. The minimum atomic E-state index is 0.0524. The lowest BCUT2D eigenvalue weighted by molar-refractivity contribution is -0.118. The zero-order chi connectivity index (χ0) is 14.0. The highest BCUT2D eigenvalue weighted by molar-refractivity contribution is 8.00. The molecule has 0 saturated carbocycles. The molecule has 3 heteroatoms. The molecule has 0 aliphatic rings. The molecule has 0 bridgehead atoms. The highest BCUT2D eigenvalue weighted by atomic mass is 32.2. The molecule has 0 aliphatic carbocycles. The monoisotopic (exact) mass is 283 g/mol. The van der Waals surface area contributed by atoms with Gasteiger partial charge in [0.15, 0.2) is 0 Å². The van der Waals surface area contributed by atoms with Gasteiger partial charge in [0, 0.05) is 11.4 Å². The summed E-state index contributed by atoms with van der Waals surface area (Å²) in [5.74, 6) is 0.500. The number of benzene rings is 2. The van der Waals surface area contributed by atoms with Crippen molar-refractivity contribution in [2.75, 3.05) is 12.3 Å². The van der Waals surface area contributed by atoms with E-state index in [1.54, 1.807) is 11.8 Å². The Kier molecular flexibility index (Phi) is 5.93. The second-order valence-corrected chi connectivity index (χ2v) is 5.27. The van der Waals surface area contributed by atoms with Crippen LogP contribution in [0.2, 0.25) is 0 Å². The molecule has 0 unspecified atom stereocenters. The fraction of sp³-hybridized carbons (Fsp3) is 0.118. The normalized spacial score (nSPS) is 10.6. The maximum Gasteiger partial charge on any atom is 0.230 e. The number of hydrogen-bond donors (Lipinski definition) is 1. The first-order valence-electron chi connectivity index (χ1n) is 6.51. The summed E-state index contributed by atoms with van der Waals surface area (Å²) in [6.45, 7) is 0.559. The second-order valence-electron chi connectivity index (χ2n) is 4.22. The first-order chi connectivity index (χ1) is 9.84. The molecular formula is C17H17NOS. The van der Waals surface area contributed by atoms with E-state index in [4.69, 9.17) is 0 Å². The maximum atomic E-state index is 11.7. The summed E-state index contributed by atoms with van der Waals surface area (Å²) in [6, 6.07) is 20.0. The van der Waals surface area contributed by atoms with Crippen LogP contribution < -0.4 is 5.32 Å². The van der Waals surface area contributed by atoms with Crippen molar-refractivity contribution in [3.8, 4) is 0 Å². The van der Waals surface area contributed by atoms with Crippen LogP contribution in [0, 0.1) is 0 Å². The molecule has 0 saturated heterocycles. The zero-order valence-electron chi connectivity index (χ0n) is 11.2. The summed E-state index contributed by atoms with van der Waals surface area (Å²) in [6.07, 6.45) is 3.96. The summed E-state index contributed by atoms with van der Waals surface area (Å²) >= 11 is 1.55. The molecule has 2 rings (SSSR count). The molecule has 0 spiro atoms. The Bertz CT molecular complexity index is 552. The van der Waals surface area contributed by atoms with Crippen molar-refractivity contribution < 1.29 is 4.79 Å². The van der Waals surface area contributed by atoms with Crippen LogP contribution in [0.15, 0.2) is 71.6 Å². The molecule has 0 atom stereocenters. The fourth-order valence-corrected chi connectivity index (χ4v) is 2.40. The third-order valence-corrected chi connectivity index (χ3v) is 3.65. The number of carbonyl (C=O) groups is 1. The SMILES string of the molecule is O=C(CSc1ccccc1)NC/C=C/c1ccccc1.